The molecule has 2 heterocycles. The molecule has 6 heteroatoms. The number of hydrogen-bond donors (Lipinski definition) is 2. The molecule has 1 aliphatic heterocycles. The second-order valence-electron chi connectivity index (χ2n) is 7.91. The third-order valence-corrected chi connectivity index (χ3v) is 5.55. The maximum atomic E-state index is 13.0. The predicted octanol–water partition coefficient (Wildman–Crippen LogP) is 4.98. The van der Waals surface area contributed by atoms with Crippen molar-refractivity contribution in [3.63, 3.8) is 0 Å². The van der Waals surface area contributed by atoms with Crippen LogP contribution in [0.25, 0.3) is 17.0 Å². The van der Waals surface area contributed by atoms with Crippen molar-refractivity contribution in [3.8, 4) is 0 Å². The van der Waals surface area contributed by atoms with Gasteiger partial charge in [-0.2, -0.15) is 0 Å². The van der Waals surface area contributed by atoms with Crippen LogP contribution in [0.2, 0.25) is 0 Å². The van der Waals surface area contributed by atoms with Crippen molar-refractivity contribution in [1.82, 2.24) is 15.2 Å². The molecular formula is C25H27FN4O. The minimum atomic E-state index is -0.208. The Balaban J connectivity index is 1.23. The molecule has 0 unspecified atom stereocenters. The van der Waals surface area contributed by atoms with E-state index in [4.69, 9.17) is 0 Å². The highest BCUT2D eigenvalue weighted by molar-refractivity contribution is 6.00. The summed E-state index contributed by atoms with van der Waals surface area (Å²) in [5.74, 6) is -0.208. The maximum Gasteiger partial charge on any atom is 0.319 e. The number of hydrogen-bond acceptors (Lipinski definition) is 3. The van der Waals surface area contributed by atoms with E-state index < -0.39 is 0 Å². The van der Waals surface area contributed by atoms with E-state index in [9.17, 15) is 9.18 Å². The van der Waals surface area contributed by atoms with Gasteiger partial charge in [-0.1, -0.05) is 42.0 Å². The van der Waals surface area contributed by atoms with Crippen molar-refractivity contribution < 1.29 is 9.18 Å². The number of halogens is 1. The Morgan fingerprint density at radius 1 is 1.13 bits per heavy atom. The second kappa shape index (κ2) is 9.71. The zero-order valence-electron chi connectivity index (χ0n) is 17.7. The van der Waals surface area contributed by atoms with Crippen LogP contribution in [-0.4, -0.2) is 42.1 Å². The largest absolute Gasteiger partial charge is 0.337 e. The molecule has 2 amide bonds. The molecule has 1 saturated heterocycles. The molecular weight excluding hydrogens is 391 g/mol. The molecule has 1 aliphatic rings. The summed E-state index contributed by atoms with van der Waals surface area (Å²) in [6, 6.07) is 16.1. The van der Waals surface area contributed by atoms with Crippen LogP contribution in [0.4, 0.5) is 14.9 Å². The van der Waals surface area contributed by atoms with Crippen LogP contribution in [0, 0.1) is 12.7 Å². The Hall–Kier alpha value is -3.25. The molecule has 2 N–H and O–H groups in total. The van der Waals surface area contributed by atoms with Gasteiger partial charge in [-0.05, 0) is 49.6 Å². The van der Waals surface area contributed by atoms with Crippen LogP contribution in [-0.2, 0) is 0 Å². The predicted molar refractivity (Wildman–Crippen MR) is 124 cm³/mol. The molecule has 1 aromatic heterocycles. The van der Waals surface area contributed by atoms with Gasteiger partial charge in [0, 0.05) is 37.3 Å². The van der Waals surface area contributed by atoms with E-state index in [-0.39, 0.29) is 11.8 Å². The highest BCUT2D eigenvalue weighted by Crippen LogP contribution is 2.23. The molecule has 4 rings (SSSR count). The number of nitrogens with one attached hydrogen (secondary N) is 2. The van der Waals surface area contributed by atoms with Gasteiger partial charge in [0.1, 0.15) is 5.82 Å². The number of piperidine rings is 1. The third-order valence-electron chi connectivity index (χ3n) is 5.55. The van der Waals surface area contributed by atoms with E-state index >= 15 is 0 Å². The molecule has 0 aliphatic carbocycles. The Bertz CT molecular complexity index is 1080. The van der Waals surface area contributed by atoms with Crippen LogP contribution < -0.4 is 10.6 Å². The summed E-state index contributed by atoms with van der Waals surface area (Å²) in [6.45, 7) is 5.25. The zero-order chi connectivity index (χ0) is 21.6. The van der Waals surface area contributed by atoms with E-state index in [1.807, 2.05) is 49.4 Å². The number of aromatic nitrogens is 1. The fraction of sp³-hybridized carbons (Fsp3) is 0.280. The molecule has 1 fully saturated rings. The van der Waals surface area contributed by atoms with Crippen molar-refractivity contribution in [2.24, 2.45) is 0 Å². The summed E-state index contributed by atoms with van der Waals surface area (Å²) >= 11 is 0. The standard InChI is InChI=1S/C25H27FN4O/c1-18-16-24(22-4-2-3-5-23(22)28-18)29-25(31)27-12-15-30-13-10-20(11-14-30)17-19-6-8-21(26)9-7-19/h2-9,16-17H,10-15H2,1H3,(H2,27,28,29,31). The molecule has 31 heavy (non-hydrogen) atoms. The van der Waals surface area contributed by atoms with Gasteiger partial charge < -0.3 is 15.5 Å². The first-order valence-corrected chi connectivity index (χ1v) is 10.7. The molecule has 0 atom stereocenters. The first-order valence-electron chi connectivity index (χ1n) is 10.7. The Morgan fingerprint density at radius 2 is 1.87 bits per heavy atom. The van der Waals surface area contributed by atoms with E-state index in [2.05, 4.69) is 26.6 Å². The summed E-state index contributed by atoms with van der Waals surface area (Å²) in [7, 11) is 0. The van der Waals surface area contributed by atoms with E-state index in [0.717, 1.165) is 60.3 Å². The topological polar surface area (TPSA) is 57.3 Å². The Morgan fingerprint density at radius 3 is 2.65 bits per heavy atom. The quantitative estimate of drug-likeness (QED) is 0.614. The van der Waals surface area contributed by atoms with Gasteiger partial charge >= 0.3 is 6.03 Å². The average Bonchev–Trinajstić information content (AvgIpc) is 2.76. The maximum absolute atomic E-state index is 13.0. The van der Waals surface area contributed by atoms with Gasteiger partial charge in [0.15, 0.2) is 0 Å². The van der Waals surface area contributed by atoms with Crippen molar-refractivity contribution in [3.05, 3.63) is 77.2 Å². The van der Waals surface area contributed by atoms with Crippen LogP contribution in [0.1, 0.15) is 24.1 Å². The SMILES string of the molecule is Cc1cc(NC(=O)NCCN2CCC(=Cc3ccc(F)cc3)CC2)c2ccccc2n1. The van der Waals surface area contributed by atoms with E-state index in [1.165, 1.54) is 17.7 Å². The van der Waals surface area contributed by atoms with E-state index in [0.29, 0.717) is 6.54 Å². The Kier molecular flexibility index (Phi) is 6.57. The molecule has 160 valence electrons. The van der Waals surface area contributed by atoms with Gasteiger partial charge in [-0.15, -0.1) is 0 Å². The number of pyridine rings is 1. The molecule has 0 spiro atoms. The molecule has 0 bridgehead atoms. The lowest BCUT2D eigenvalue weighted by atomic mass is 10.0. The normalized spacial score (nSPS) is 14.5. The molecule has 0 saturated carbocycles. The first-order chi connectivity index (χ1) is 15.1. The number of rotatable bonds is 5. The summed E-state index contributed by atoms with van der Waals surface area (Å²) in [6.07, 6.45) is 4.14. The van der Waals surface area contributed by atoms with Crippen molar-refractivity contribution in [2.75, 3.05) is 31.5 Å². The number of amides is 2. The van der Waals surface area contributed by atoms with Gasteiger partial charge in [0.25, 0.3) is 0 Å². The van der Waals surface area contributed by atoms with Crippen LogP contribution in [0.5, 0.6) is 0 Å². The number of fused-ring (bicyclic) bond motifs is 1. The van der Waals surface area contributed by atoms with Gasteiger partial charge in [-0.3, -0.25) is 4.98 Å². The lowest BCUT2D eigenvalue weighted by molar-refractivity contribution is 0.240. The van der Waals surface area contributed by atoms with Crippen LogP contribution in [0.3, 0.4) is 0 Å². The zero-order valence-corrected chi connectivity index (χ0v) is 17.7. The fourth-order valence-electron chi connectivity index (χ4n) is 3.91. The first kappa shape index (κ1) is 21.0. The summed E-state index contributed by atoms with van der Waals surface area (Å²) in [4.78, 5) is 19.3. The lowest BCUT2D eigenvalue weighted by Crippen LogP contribution is -2.39. The summed E-state index contributed by atoms with van der Waals surface area (Å²) in [5.41, 5.74) is 4.94. The number of likely N-dealkylation sites (tertiary alicyclic amines) is 1. The fourth-order valence-corrected chi connectivity index (χ4v) is 3.91. The minimum Gasteiger partial charge on any atom is -0.337 e. The number of urea groups is 1. The number of benzene rings is 2. The highest BCUT2D eigenvalue weighted by Gasteiger charge is 2.14. The van der Waals surface area contributed by atoms with Gasteiger partial charge in [-0.25, -0.2) is 9.18 Å². The molecule has 2 aromatic carbocycles. The highest BCUT2D eigenvalue weighted by atomic mass is 19.1. The van der Waals surface area contributed by atoms with Crippen LogP contribution >= 0.6 is 0 Å². The van der Waals surface area contributed by atoms with Crippen LogP contribution in [0.15, 0.2) is 60.2 Å². The number of carbonyl (C=O) groups is 1. The van der Waals surface area contributed by atoms with E-state index in [1.54, 1.807) is 0 Å². The second-order valence-corrected chi connectivity index (χ2v) is 7.91. The monoisotopic (exact) mass is 418 g/mol. The van der Waals surface area contributed by atoms with Crippen molar-refractivity contribution in [1.29, 1.82) is 0 Å². The Labute approximate surface area is 182 Å². The number of anilines is 1. The number of aryl methyl sites for hydroxylation is 1. The lowest BCUT2D eigenvalue weighted by Gasteiger charge is -2.28. The molecule has 0 radical (unpaired) electrons. The van der Waals surface area contributed by atoms with Gasteiger partial charge in [0.2, 0.25) is 0 Å². The van der Waals surface area contributed by atoms with Crippen molar-refractivity contribution in [2.45, 2.75) is 19.8 Å². The average molecular weight is 419 g/mol. The number of para-hydroxylation sites is 1. The van der Waals surface area contributed by atoms with Crippen molar-refractivity contribution >= 4 is 28.7 Å². The number of nitrogens with zero attached hydrogens (tertiary/aromatic N) is 2. The summed E-state index contributed by atoms with van der Waals surface area (Å²) < 4.78 is 13.0. The summed E-state index contributed by atoms with van der Waals surface area (Å²) in [5, 5.41) is 6.84. The minimum absolute atomic E-state index is 0.204. The molecule has 5 nitrogen and oxygen atoms in total. The number of carbonyl (C=O) groups excluding carboxylic acids is 1. The van der Waals surface area contributed by atoms with Gasteiger partial charge in [0.05, 0.1) is 11.2 Å². The smallest absolute Gasteiger partial charge is 0.319 e. The molecule has 3 aromatic rings. The third kappa shape index (κ3) is 5.67.